The van der Waals surface area contributed by atoms with Gasteiger partial charge in [-0.3, -0.25) is 0 Å². The lowest BCUT2D eigenvalue weighted by atomic mass is 9.80. The van der Waals surface area contributed by atoms with Gasteiger partial charge in [0.2, 0.25) is 0 Å². The lowest BCUT2D eigenvalue weighted by Gasteiger charge is -2.27. The summed E-state index contributed by atoms with van der Waals surface area (Å²) < 4.78 is 0. The summed E-state index contributed by atoms with van der Waals surface area (Å²) in [4.78, 5) is 9.67. The first-order valence-corrected chi connectivity index (χ1v) is 8.76. The van der Waals surface area contributed by atoms with Gasteiger partial charge in [-0.05, 0) is 43.9 Å². The maximum absolute atomic E-state index is 4.86. The second-order valence-electron chi connectivity index (χ2n) is 6.74. The van der Waals surface area contributed by atoms with E-state index in [2.05, 4.69) is 39.1 Å². The molecule has 0 bridgehead atoms. The minimum absolute atomic E-state index is 0.459. The zero-order valence-corrected chi connectivity index (χ0v) is 14.2. The van der Waals surface area contributed by atoms with Crippen molar-refractivity contribution in [1.29, 1.82) is 0 Å². The van der Waals surface area contributed by atoms with Crippen molar-refractivity contribution in [1.82, 2.24) is 9.97 Å². The Bertz CT molecular complexity index is 434. The molecule has 0 aliphatic heterocycles. The third-order valence-electron chi connectivity index (χ3n) is 4.70. The second kappa shape index (κ2) is 7.77. The molecule has 118 valence electrons. The lowest BCUT2D eigenvalue weighted by Crippen LogP contribution is -2.17. The van der Waals surface area contributed by atoms with Crippen LogP contribution >= 0.6 is 0 Å². The number of hydrogen-bond acceptors (Lipinski definition) is 3. The van der Waals surface area contributed by atoms with Gasteiger partial charge < -0.3 is 5.32 Å². The van der Waals surface area contributed by atoms with E-state index in [9.17, 15) is 0 Å². The standard InChI is InChI=1S/C18H31N3/c1-5-11-19-17-12-16(13(3)4)20-18(21-17)15-9-7-14(6-2)8-10-15/h12-15H,5-11H2,1-4H3,(H,19,20,21). The molecule has 0 radical (unpaired) electrons. The summed E-state index contributed by atoms with van der Waals surface area (Å²) in [6.07, 6.45) is 7.64. The molecule has 1 aliphatic carbocycles. The highest BCUT2D eigenvalue weighted by molar-refractivity contribution is 5.37. The number of rotatable bonds is 6. The Hall–Kier alpha value is -1.12. The van der Waals surface area contributed by atoms with Gasteiger partial charge in [-0.2, -0.15) is 0 Å². The van der Waals surface area contributed by atoms with Crippen molar-refractivity contribution in [2.24, 2.45) is 5.92 Å². The molecule has 0 unspecified atom stereocenters. The summed E-state index contributed by atoms with van der Waals surface area (Å²) in [5.41, 5.74) is 1.18. The van der Waals surface area contributed by atoms with Gasteiger partial charge in [0.05, 0.1) is 0 Å². The third kappa shape index (κ3) is 4.42. The van der Waals surface area contributed by atoms with E-state index in [4.69, 9.17) is 9.97 Å². The molecule has 1 aliphatic rings. The largest absolute Gasteiger partial charge is 0.370 e. The van der Waals surface area contributed by atoms with Crippen LogP contribution in [-0.2, 0) is 0 Å². The van der Waals surface area contributed by atoms with E-state index in [1.54, 1.807) is 0 Å². The van der Waals surface area contributed by atoms with Crippen molar-refractivity contribution in [3.05, 3.63) is 17.6 Å². The van der Waals surface area contributed by atoms with E-state index >= 15 is 0 Å². The number of nitrogens with zero attached hydrogens (tertiary/aromatic N) is 2. The molecule has 2 rings (SSSR count). The third-order valence-corrected chi connectivity index (χ3v) is 4.70. The van der Waals surface area contributed by atoms with E-state index in [-0.39, 0.29) is 0 Å². The highest BCUT2D eigenvalue weighted by atomic mass is 15.0. The molecular formula is C18H31N3. The van der Waals surface area contributed by atoms with Crippen LogP contribution in [0.15, 0.2) is 6.07 Å². The number of hydrogen-bond donors (Lipinski definition) is 1. The van der Waals surface area contributed by atoms with Gasteiger partial charge in [-0.25, -0.2) is 9.97 Å². The first kappa shape index (κ1) is 16.3. The predicted octanol–water partition coefficient (Wildman–Crippen LogP) is 5.11. The van der Waals surface area contributed by atoms with Gasteiger partial charge in [0.15, 0.2) is 0 Å². The smallest absolute Gasteiger partial charge is 0.134 e. The number of aromatic nitrogens is 2. The van der Waals surface area contributed by atoms with Crippen molar-refractivity contribution in [2.45, 2.75) is 78.1 Å². The Morgan fingerprint density at radius 3 is 2.43 bits per heavy atom. The average Bonchev–Trinajstić information content (AvgIpc) is 2.52. The summed E-state index contributed by atoms with van der Waals surface area (Å²) in [5, 5.41) is 3.44. The normalized spacial score (nSPS) is 22.5. The topological polar surface area (TPSA) is 37.8 Å². The Kier molecular flexibility index (Phi) is 6.01. The Balaban J connectivity index is 2.15. The first-order chi connectivity index (χ1) is 10.1. The fourth-order valence-electron chi connectivity index (χ4n) is 3.14. The Morgan fingerprint density at radius 2 is 1.86 bits per heavy atom. The van der Waals surface area contributed by atoms with Gasteiger partial charge in [-0.15, -0.1) is 0 Å². The minimum Gasteiger partial charge on any atom is -0.370 e. The lowest BCUT2D eigenvalue weighted by molar-refractivity contribution is 0.312. The van der Waals surface area contributed by atoms with Crippen molar-refractivity contribution in [3.8, 4) is 0 Å². The molecule has 21 heavy (non-hydrogen) atoms. The van der Waals surface area contributed by atoms with E-state index in [0.29, 0.717) is 11.8 Å². The predicted molar refractivity (Wildman–Crippen MR) is 89.9 cm³/mol. The summed E-state index contributed by atoms with van der Waals surface area (Å²) in [6, 6.07) is 2.13. The minimum atomic E-state index is 0.459. The molecule has 3 heteroatoms. The number of nitrogens with one attached hydrogen (secondary N) is 1. The van der Waals surface area contributed by atoms with Crippen LogP contribution in [0.5, 0.6) is 0 Å². The molecule has 1 N–H and O–H groups in total. The van der Waals surface area contributed by atoms with Crippen LogP contribution < -0.4 is 5.32 Å². The molecule has 0 saturated heterocycles. The van der Waals surface area contributed by atoms with Crippen LogP contribution in [-0.4, -0.2) is 16.5 Å². The Morgan fingerprint density at radius 1 is 1.14 bits per heavy atom. The van der Waals surface area contributed by atoms with E-state index in [0.717, 1.165) is 30.5 Å². The van der Waals surface area contributed by atoms with Crippen molar-refractivity contribution in [2.75, 3.05) is 11.9 Å². The summed E-state index contributed by atoms with van der Waals surface area (Å²) in [5.74, 6) is 4.04. The summed E-state index contributed by atoms with van der Waals surface area (Å²) >= 11 is 0. The van der Waals surface area contributed by atoms with Crippen LogP contribution in [0.3, 0.4) is 0 Å². The van der Waals surface area contributed by atoms with E-state index in [1.165, 1.54) is 37.8 Å². The fraction of sp³-hybridized carbons (Fsp3) is 0.778. The maximum atomic E-state index is 4.86. The van der Waals surface area contributed by atoms with E-state index in [1.807, 2.05) is 0 Å². The Labute approximate surface area is 130 Å². The van der Waals surface area contributed by atoms with Crippen molar-refractivity contribution < 1.29 is 0 Å². The van der Waals surface area contributed by atoms with Crippen LogP contribution in [0.1, 0.15) is 89.6 Å². The average molecular weight is 289 g/mol. The zero-order chi connectivity index (χ0) is 15.2. The SMILES string of the molecule is CCCNc1cc(C(C)C)nc(C2CCC(CC)CC2)n1. The van der Waals surface area contributed by atoms with Gasteiger partial charge in [0.1, 0.15) is 11.6 Å². The highest BCUT2D eigenvalue weighted by Crippen LogP contribution is 2.36. The molecular weight excluding hydrogens is 258 g/mol. The quantitative estimate of drug-likeness (QED) is 0.791. The molecule has 1 aromatic heterocycles. The molecule has 1 fully saturated rings. The van der Waals surface area contributed by atoms with Gasteiger partial charge in [0.25, 0.3) is 0 Å². The molecule has 0 spiro atoms. The molecule has 1 aromatic rings. The molecule has 0 amide bonds. The first-order valence-electron chi connectivity index (χ1n) is 8.76. The van der Waals surface area contributed by atoms with Crippen LogP contribution in [0, 0.1) is 5.92 Å². The van der Waals surface area contributed by atoms with Gasteiger partial charge in [0, 0.05) is 24.2 Å². The monoisotopic (exact) mass is 289 g/mol. The van der Waals surface area contributed by atoms with E-state index < -0.39 is 0 Å². The molecule has 1 heterocycles. The maximum Gasteiger partial charge on any atom is 0.134 e. The number of anilines is 1. The summed E-state index contributed by atoms with van der Waals surface area (Å²) in [6.45, 7) is 9.90. The fourth-order valence-corrected chi connectivity index (χ4v) is 3.14. The molecule has 3 nitrogen and oxygen atoms in total. The second-order valence-corrected chi connectivity index (χ2v) is 6.74. The zero-order valence-electron chi connectivity index (χ0n) is 14.2. The van der Waals surface area contributed by atoms with Crippen LogP contribution in [0.2, 0.25) is 0 Å². The summed E-state index contributed by atoms with van der Waals surface area (Å²) in [7, 11) is 0. The highest BCUT2D eigenvalue weighted by Gasteiger charge is 2.24. The van der Waals surface area contributed by atoms with Crippen LogP contribution in [0.25, 0.3) is 0 Å². The van der Waals surface area contributed by atoms with Crippen LogP contribution in [0.4, 0.5) is 5.82 Å². The molecule has 0 atom stereocenters. The van der Waals surface area contributed by atoms with Crippen molar-refractivity contribution in [3.63, 3.8) is 0 Å². The molecule has 0 aromatic carbocycles. The molecule has 1 saturated carbocycles. The van der Waals surface area contributed by atoms with Crippen molar-refractivity contribution >= 4 is 5.82 Å². The van der Waals surface area contributed by atoms with Gasteiger partial charge in [-0.1, -0.05) is 34.1 Å². The van der Waals surface area contributed by atoms with Gasteiger partial charge >= 0.3 is 0 Å².